The SMILES string of the molecule is CN(C)c1nc(CNC(=O)c2ccncc2)nc(N(C)C)n1. The molecule has 0 aliphatic rings. The van der Waals surface area contributed by atoms with Crippen LogP contribution in [0.1, 0.15) is 16.2 Å². The average Bonchev–Trinajstić information content (AvgIpc) is 2.53. The summed E-state index contributed by atoms with van der Waals surface area (Å²) in [5, 5.41) is 2.79. The Labute approximate surface area is 129 Å². The quantitative estimate of drug-likeness (QED) is 0.851. The highest BCUT2D eigenvalue weighted by Crippen LogP contribution is 2.10. The van der Waals surface area contributed by atoms with Crippen molar-refractivity contribution in [3.63, 3.8) is 0 Å². The summed E-state index contributed by atoms with van der Waals surface area (Å²) in [6, 6.07) is 3.30. The minimum atomic E-state index is -0.194. The molecule has 1 N–H and O–H groups in total. The van der Waals surface area contributed by atoms with E-state index in [1.807, 2.05) is 28.2 Å². The lowest BCUT2D eigenvalue weighted by atomic mass is 10.2. The Balaban J connectivity index is 2.13. The summed E-state index contributed by atoms with van der Waals surface area (Å²) in [4.78, 5) is 32.5. The van der Waals surface area contributed by atoms with Crippen LogP contribution >= 0.6 is 0 Å². The van der Waals surface area contributed by atoms with Crippen molar-refractivity contribution in [2.45, 2.75) is 6.54 Å². The Kier molecular flexibility index (Phi) is 4.82. The summed E-state index contributed by atoms with van der Waals surface area (Å²) in [5.74, 6) is 1.41. The van der Waals surface area contributed by atoms with Crippen LogP contribution < -0.4 is 15.1 Å². The van der Waals surface area contributed by atoms with Gasteiger partial charge in [-0.05, 0) is 12.1 Å². The lowest BCUT2D eigenvalue weighted by Gasteiger charge is -2.16. The molecular weight excluding hydrogens is 282 g/mol. The maximum atomic E-state index is 12.0. The lowest BCUT2D eigenvalue weighted by Crippen LogP contribution is -2.26. The molecule has 0 saturated heterocycles. The lowest BCUT2D eigenvalue weighted by molar-refractivity contribution is 0.0949. The number of anilines is 2. The van der Waals surface area contributed by atoms with E-state index in [9.17, 15) is 4.79 Å². The van der Waals surface area contributed by atoms with Crippen LogP contribution in [0.4, 0.5) is 11.9 Å². The molecule has 0 unspecified atom stereocenters. The molecular formula is C14H19N7O. The zero-order valence-corrected chi connectivity index (χ0v) is 13.1. The summed E-state index contributed by atoms with van der Waals surface area (Å²) in [6.07, 6.45) is 3.15. The smallest absolute Gasteiger partial charge is 0.251 e. The number of carbonyl (C=O) groups excluding carboxylic acids is 1. The highest BCUT2D eigenvalue weighted by molar-refractivity contribution is 5.93. The molecule has 0 aliphatic heterocycles. The fraction of sp³-hybridized carbons (Fsp3) is 0.357. The first-order valence-corrected chi connectivity index (χ1v) is 6.75. The first kappa shape index (κ1) is 15.6. The Morgan fingerprint density at radius 3 is 2.05 bits per heavy atom. The van der Waals surface area contributed by atoms with Gasteiger partial charge in [0, 0.05) is 46.1 Å². The minimum absolute atomic E-state index is 0.194. The highest BCUT2D eigenvalue weighted by Gasteiger charge is 2.11. The summed E-state index contributed by atoms with van der Waals surface area (Å²) < 4.78 is 0. The van der Waals surface area contributed by atoms with Crippen molar-refractivity contribution in [3.8, 4) is 0 Å². The Bertz CT molecular complexity index is 617. The second kappa shape index (κ2) is 6.79. The predicted octanol–water partition coefficient (Wildman–Crippen LogP) is 0.329. The normalized spacial score (nSPS) is 10.2. The van der Waals surface area contributed by atoms with Gasteiger partial charge in [0.2, 0.25) is 11.9 Å². The van der Waals surface area contributed by atoms with Crippen LogP contribution in [0.15, 0.2) is 24.5 Å². The van der Waals surface area contributed by atoms with Crippen LogP contribution in [0.2, 0.25) is 0 Å². The first-order chi connectivity index (χ1) is 10.5. The number of hydrogen-bond acceptors (Lipinski definition) is 7. The van der Waals surface area contributed by atoms with Gasteiger partial charge in [0.15, 0.2) is 5.82 Å². The molecule has 0 spiro atoms. The van der Waals surface area contributed by atoms with Gasteiger partial charge in [-0.3, -0.25) is 9.78 Å². The molecule has 0 atom stereocenters. The Hall–Kier alpha value is -2.77. The predicted molar refractivity (Wildman–Crippen MR) is 83.9 cm³/mol. The molecule has 2 heterocycles. The number of aromatic nitrogens is 4. The third-order valence-electron chi connectivity index (χ3n) is 2.81. The largest absolute Gasteiger partial charge is 0.347 e. The van der Waals surface area contributed by atoms with Gasteiger partial charge in [0.1, 0.15) is 0 Å². The fourth-order valence-corrected chi connectivity index (χ4v) is 1.64. The van der Waals surface area contributed by atoms with E-state index in [1.54, 1.807) is 34.3 Å². The van der Waals surface area contributed by atoms with Crippen LogP contribution in [0, 0.1) is 0 Å². The molecule has 116 valence electrons. The van der Waals surface area contributed by atoms with E-state index < -0.39 is 0 Å². The molecule has 2 aromatic rings. The molecule has 0 aliphatic carbocycles. The van der Waals surface area contributed by atoms with Crippen LogP contribution in [-0.2, 0) is 6.54 Å². The van der Waals surface area contributed by atoms with E-state index >= 15 is 0 Å². The van der Waals surface area contributed by atoms with Gasteiger partial charge in [0.05, 0.1) is 6.54 Å². The van der Waals surface area contributed by atoms with Crippen molar-refractivity contribution in [1.82, 2.24) is 25.3 Å². The van der Waals surface area contributed by atoms with Gasteiger partial charge in [-0.1, -0.05) is 0 Å². The van der Waals surface area contributed by atoms with Crippen molar-refractivity contribution in [2.24, 2.45) is 0 Å². The van der Waals surface area contributed by atoms with Crippen LogP contribution in [0.3, 0.4) is 0 Å². The van der Waals surface area contributed by atoms with Gasteiger partial charge < -0.3 is 15.1 Å². The summed E-state index contributed by atoms with van der Waals surface area (Å²) >= 11 is 0. The van der Waals surface area contributed by atoms with Crippen LogP contribution in [0.5, 0.6) is 0 Å². The molecule has 8 nitrogen and oxygen atoms in total. The fourth-order valence-electron chi connectivity index (χ4n) is 1.64. The molecule has 8 heteroatoms. The van der Waals surface area contributed by atoms with Crippen molar-refractivity contribution in [2.75, 3.05) is 38.0 Å². The first-order valence-electron chi connectivity index (χ1n) is 6.75. The number of carbonyl (C=O) groups is 1. The number of rotatable bonds is 5. The standard InChI is InChI=1S/C14H19N7O/c1-20(2)13-17-11(18-14(19-13)21(3)4)9-16-12(22)10-5-7-15-8-6-10/h5-8H,9H2,1-4H3,(H,16,22). The van der Waals surface area contributed by atoms with E-state index in [2.05, 4.69) is 25.3 Å². The minimum Gasteiger partial charge on any atom is -0.347 e. The van der Waals surface area contributed by atoms with Crippen molar-refractivity contribution in [1.29, 1.82) is 0 Å². The third-order valence-corrected chi connectivity index (χ3v) is 2.81. The van der Waals surface area contributed by atoms with Gasteiger partial charge in [-0.15, -0.1) is 0 Å². The van der Waals surface area contributed by atoms with E-state index in [4.69, 9.17) is 0 Å². The number of hydrogen-bond donors (Lipinski definition) is 1. The monoisotopic (exact) mass is 301 g/mol. The second-order valence-corrected chi connectivity index (χ2v) is 5.06. The number of pyridine rings is 1. The zero-order chi connectivity index (χ0) is 16.1. The average molecular weight is 301 g/mol. The van der Waals surface area contributed by atoms with Crippen molar-refractivity contribution < 1.29 is 4.79 Å². The zero-order valence-electron chi connectivity index (χ0n) is 13.1. The van der Waals surface area contributed by atoms with Gasteiger partial charge >= 0.3 is 0 Å². The summed E-state index contributed by atoms with van der Waals surface area (Å²) in [6.45, 7) is 0.228. The molecule has 2 rings (SSSR count). The van der Waals surface area contributed by atoms with E-state index in [0.717, 1.165) is 0 Å². The Morgan fingerprint density at radius 1 is 1.00 bits per heavy atom. The maximum absolute atomic E-state index is 12.0. The van der Waals surface area contributed by atoms with Gasteiger partial charge in [-0.2, -0.15) is 15.0 Å². The third kappa shape index (κ3) is 3.87. The summed E-state index contributed by atoms with van der Waals surface area (Å²) in [5.41, 5.74) is 0.546. The van der Waals surface area contributed by atoms with Crippen LogP contribution in [-0.4, -0.2) is 54.0 Å². The number of amides is 1. The van der Waals surface area contributed by atoms with Crippen molar-refractivity contribution in [3.05, 3.63) is 35.9 Å². The highest BCUT2D eigenvalue weighted by atomic mass is 16.1. The molecule has 0 saturated carbocycles. The van der Waals surface area contributed by atoms with Gasteiger partial charge in [-0.25, -0.2) is 0 Å². The molecule has 0 bridgehead atoms. The van der Waals surface area contributed by atoms with E-state index in [1.165, 1.54) is 0 Å². The Morgan fingerprint density at radius 2 is 1.55 bits per heavy atom. The molecule has 0 fully saturated rings. The number of nitrogens with zero attached hydrogens (tertiary/aromatic N) is 6. The van der Waals surface area contributed by atoms with Crippen molar-refractivity contribution >= 4 is 17.8 Å². The van der Waals surface area contributed by atoms with E-state index in [-0.39, 0.29) is 12.5 Å². The number of nitrogens with one attached hydrogen (secondary N) is 1. The molecule has 2 aromatic heterocycles. The molecule has 0 aromatic carbocycles. The topological polar surface area (TPSA) is 87.1 Å². The molecule has 0 radical (unpaired) electrons. The second-order valence-electron chi connectivity index (χ2n) is 5.06. The van der Waals surface area contributed by atoms with Gasteiger partial charge in [0.25, 0.3) is 5.91 Å². The van der Waals surface area contributed by atoms with E-state index in [0.29, 0.717) is 23.3 Å². The summed E-state index contributed by atoms with van der Waals surface area (Å²) in [7, 11) is 7.42. The molecule has 22 heavy (non-hydrogen) atoms. The maximum Gasteiger partial charge on any atom is 0.251 e. The van der Waals surface area contributed by atoms with Crippen LogP contribution in [0.25, 0.3) is 0 Å². The molecule has 1 amide bonds.